The summed E-state index contributed by atoms with van der Waals surface area (Å²) in [6.07, 6.45) is 0.322. The Morgan fingerprint density at radius 3 is 2.43 bits per heavy atom. The molecule has 0 radical (unpaired) electrons. The normalized spacial score (nSPS) is 15.1. The predicted octanol–water partition coefficient (Wildman–Crippen LogP) is 1.71. The molecule has 0 amide bonds. The van der Waals surface area contributed by atoms with Gasteiger partial charge in [-0.2, -0.15) is 0 Å². The molecule has 0 fully saturated rings. The molecule has 0 heterocycles. The van der Waals surface area contributed by atoms with E-state index in [2.05, 4.69) is 0 Å². The molecular weight excluding hydrogens is 176 g/mol. The topological polar surface area (TPSA) is 40.5 Å². The summed E-state index contributed by atoms with van der Waals surface area (Å²) in [6, 6.07) is 7.95. The van der Waals surface area contributed by atoms with Gasteiger partial charge < -0.3 is 10.2 Å². The first kappa shape index (κ1) is 11.2. The van der Waals surface area contributed by atoms with Gasteiger partial charge in [-0.15, -0.1) is 0 Å². The zero-order chi connectivity index (χ0) is 10.6. The molecular formula is C12H18O2. The Morgan fingerprint density at radius 1 is 1.21 bits per heavy atom. The minimum Gasteiger partial charge on any atom is -0.396 e. The molecule has 0 aromatic heterocycles. The van der Waals surface area contributed by atoms with Gasteiger partial charge in [-0.25, -0.2) is 0 Å². The molecule has 0 aliphatic heterocycles. The lowest BCUT2D eigenvalue weighted by molar-refractivity contribution is 0.194. The van der Waals surface area contributed by atoms with Crippen LogP contribution in [0.2, 0.25) is 0 Å². The van der Waals surface area contributed by atoms with Gasteiger partial charge in [-0.05, 0) is 24.5 Å². The van der Waals surface area contributed by atoms with Crippen molar-refractivity contribution in [1.29, 1.82) is 0 Å². The summed E-state index contributed by atoms with van der Waals surface area (Å²) >= 11 is 0. The molecule has 0 spiro atoms. The van der Waals surface area contributed by atoms with Gasteiger partial charge in [0.2, 0.25) is 0 Å². The number of hydrogen-bond acceptors (Lipinski definition) is 2. The first-order valence-electron chi connectivity index (χ1n) is 5.02. The molecule has 2 atom stereocenters. The standard InChI is InChI=1S/C12H18O2/c1-9(8-13)12-6-4-3-5-11(12)7-10(2)14/h3-6,9-10,13-14H,7-8H2,1-2H3. The van der Waals surface area contributed by atoms with Crippen molar-refractivity contribution in [3.8, 4) is 0 Å². The van der Waals surface area contributed by atoms with Crippen LogP contribution < -0.4 is 0 Å². The van der Waals surface area contributed by atoms with Gasteiger partial charge in [0.15, 0.2) is 0 Å². The van der Waals surface area contributed by atoms with E-state index < -0.39 is 0 Å². The second-order valence-electron chi connectivity index (χ2n) is 3.84. The van der Waals surface area contributed by atoms with Crippen molar-refractivity contribution in [1.82, 2.24) is 0 Å². The lowest BCUT2D eigenvalue weighted by Crippen LogP contribution is -2.09. The van der Waals surface area contributed by atoms with E-state index in [4.69, 9.17) is 5.11 Å². The fourth-order valence-corrected chi connectivity index (χ4v) is 1.62. The molecule has 2 heteroatoms. The highest BCUT2D eigenvalue weighted by molar-refractivity contribution is 5.30. The van der Waals surface area contributed by atoms with E-state index >= 15 is 0 Å². The van der Waals surface area contributed by atoms with E-state index in [9.17, 15) is 5.11 Å². The number of rotatable bonds is 4. The van der Waals surface area contributed by atoms with Crippen molar-refractivity contribution < 1.29 is 10.2 Å². The van der Waals surface area contributed by atoms with Crippen molar-refractivity contribution >= 4 is 0 Å². The molecule has 0 aliphatic carbocycles. The minimum atomic E-state index is -0.331. The van der Waals surface area contributed by atoms with E-state index in [0.29, 0.717) is 6.42 Å². The number of aliphatic hydroxyl groups is 2. The molecule has 2 N–H and O–H groups in total. The molecule has 2 nitrogen and oxygen atoms in total. The number of hydrogen-bond donors (Lipinski definition) is 2. The van der Waals surface area contributed by atoms with Gasteiger partial charge in [0.05, 0.1) is 6.10 Å². The first-order chi connectivity index (χ1) is 6.65. The summed E-state index contributed by atoms with van der Waals surface area (Å²) in [5, 5.41) is 18.4. The highest BCUT2D eigenvalue weighted by Gasteiger charge is 2.10. The molecule has 1 rings (SSSR count). The van der Waals surface area contributed by atoms with Gasteiger partial charge in [0.25, 0.3) is 0 Å². The Labute approximate surface area is 85.2 Å². The smallest absolute Gasteiger partial charge is 0.0552 e. The molecule has 0 aliphatic rings. The maximum absolute atomic E-state index is 9.32. The van der Waals surface area contributed by atoms with Crippen LogP contribution in [-0.2, 0) is 6.42 Å². The second kappa shape index (κ2) is 5.13. The average molecular weight is 194 g/mol. The summed E-state index contributed by atoms with van der Waals surface area (Å²) in [5.74, 6) is 0.143. The fraction of sp³-hybridized carbons (Fsp3) is 0.500. The van der Waals surface area contributed by atoms with Crippen molar-refractivity contribution in [2.75, 3.05) is 6.61 Å². The largest absolute Gasteiger partial charge is 0.396 e. The van der Waals surface area contributed by atoms with Crippen LogP contribution in [0, 0.1) is 0 Å². The highest BCUT2D eigenvalue weighted by Crippen LogP contribution is 2.20. The summed E-state index contributed by atoms with van der Waals surface area (Å²) in [4.78, 5) is 0. The molecule has 2 unspecified atom stereocenters. The first-order valence-corrected chi connectivity index (χ1v) is 5.02. The fourth-order valence-electron chi connectivity index (χ4n) is 1.62. The van der Waals surface area contributed by atoms with Crippen LogP contribution >= 0.6 is 0 Å². The molecule has 14 heavy (non-hydrogen) atoms. The molecule has 0 saturated carbocycles. The summed E-state index contributed by atoms with van der Waals surface area (Å²) in [6.45, 7) is 3.91. The monoisotopic (exact) mass is 194 g/mol. The van der Waals surface area contributed by atoms with E-state index in [0.717, 1.165) is 11.1 Å². The minimum absolute atomic E-state index is 0.143. The van der Waals surface area contributed by atoms with E-state index in [-0.39, 0.29) is 18.6 Å². The molecule has 1 aromatic rings. The van der Waals surface area contributed by atoms with Crippen molar-refractivity contribution in [2.24, 2.45) is 0 Å². The molecule has 0 saturated heterocycles. The van der Waals surface area contributed by atoms with Crippen molar-refractivity contribution in [3.05, 3.63) is 35.4 Å². The van der Waals surface area contributed by atoms with Crippen molar-refractivity contribution in [2.45, 2.75) is 32.3 Å². The zero-order valence-electron chi connectivity index (χ0n) is 8.77. The van der Waals surface area contributed by atoms with Crippen LogP contribution in [0.4, 0.5) is 0 Å². The Kier molecular flexibility index (Phi) is 4.11. The van der Waals surface area contributed by atoms with Crippen LogP contribution in [0.3, 0.4) is 0 Å². The molecule has 0 bridgehead atoms. The summed E-state index contributed by atoms with van der Waals surface area (Å²) in [5.41, 5.74) is 2.26. The zero-order valence-corrected chi connectivity index (χ0v) is 8.77. The van der Waals surface area contributed by atoms with Crippen LogP contribution in [0.25, 0.3) is 0 Å². The predicted molar refractivity (Wildman–Crippen MR) is 57.3 cm³/mol. The Bertz CT molecular complexity index is 281. The third kappa shape index (κ3) is 2.82. The van der Waals surface area contributed by atoms with Crippen LogP contribution in [0.5, 0.6) is 0 Å². The van der Waals surface area contributed by atoms with Crippen molar-refractivity contribution in [3.63, 3.8) is 0 Å². The maximum Gasteiger partial charge on any atom is 0.0552 e. The van der Waals surface area contributed by atoms with Gasteiger partial charge in [0, 0.05) is 12.5 Å². The van der Waals surface area contributed by atoms with Gasteiger partial charge >= 0.3 is 0 Å². The Morgan fingerprint density at radius 2 is 1.86 bits per heavy atom. The lowest BCUT2D eigenvalue weighted by atomic mass is 9.93. The number of benzene rings is 1. The van der Waals surface area contributed by atoms with E-state index in [1.165, 1.54) is 0 Å². The van der Waals surface area contributed by atoms with Gasteiger partial charge in [-0.1, -0.05) is 31.2 Å². The van der Waals surface area contributed by atoms with Crippen LogP contribution in [0.1, 0.15) is 30.9 Å². The van der Waals surface area contributed by atoms with E-state index in [1.807, 2.05) is 31.2 Å². The Hall–Kier alpha value is -0.860. The molecule has 1 aromatic carbocycles. The van der Waals surface area contributed by atoms with E-state index in [1.54, 1.807) is 6.92 Å². The third-order valence-corrected chi connectivity index (χ3v) is 2.38. The summed E-state index contributed by atoms with van der Waals surface area (Å²) in [7, 11) is 0. The second-order valence-corrected chi connectivity index (χ2v) is 3.84. The van der Waals surface area contributed by atoms with Crippen LogP contribution in [-0.4, -0.2) is 22.9 Å². The Balaban J connectivity index is 2.91. The highest BCUT2D eigenvalue weighted by atomic mass is 16.3. The summed E-state index contributed by atoms with van der Waals surface area (Å²) < 4.78 is 0. The van der Waals surface area contributed by atoms with Gasteiger partial charge in [-0.3, -0.25) is 0 Å². The lowest BCUT2D eigenvalue weighted by Gasteiger charge is -2.15. The molecule has 78 valence electrons. The average Bonchev–Trinajstić information content (AvgIpc) is 2.16. The SMILES string of the molecule is CC(O)Cc1ccccc1C(C)CO. The maximum atomic E-state index is 9.32. The van der Waals surface area contributed by atoms with Crippen LogP contribution in [0.15, 0.2) is 24.3 Å². The number of aliphatic hydroxyl groups excluding tert-OH is 2. The van der Waals surface area contributed by atoms with Gasteiger partial charge in [0.1, 0.15) is 0 Å². The quantitative estimate of drug-likeness (QED) is 0.766. The third-order valence-electron chi connectivity index (χ3n) is 2.38.